The molecule has 1 aliphatic heterocycles. The molecule has 1 amide bonds. The third-order valence-electron chi connectivity index (χ3n) is 3.29. The first-order chi connectivity index (χ1) is 7.70. The monoisotopic (exact) mass is 241 g/mol. The summed E-state index contributed by atoms with van der Waals surface area (Å²) in [5.74, 6) is 0.575. The van der Waals surface area contributed by atoms with Crippen molar-refractivity contribution in [2.45, 2.75) is 31.7 Å². The molecule has 5 heteroatoms. The number of likely N-dealkylation sites (tertiary alicyclic amines) is 1. The van der Waals surface area contributed by atoms with Crippen molar-refractivity contribution in [1.82, 2.24) is 15.5 Å². The molecule has 1 saturated carbocycles. The number of piperidine rings is 1. The maximum atomic E-state index is 11.6. The Labute approximate surface area is 102 Å². The molecule has 0 aromatic rings. The van der Waals surface area contributed by atoms with E-state index in [1.807, 2.05) is 7.05 Å². The summed E-state index contributed by atoms with van der Waals surface area (Å²) >= 11 is 5.18. The fraction of sp³-hybridized carbons (Fsp3) is 0.818. The van der Waals surface area contributed by atoms with Crippen molar-refractivity contribution < 1.29 is 4.79 Å². The van der Waals surface area contributed by atoms with Gasteiger partial charge in [0, 0.05) is 32.1 Å². The predicted molar refractivity (Wildman–Crippen MR) is 67.1 cm³/mol. The molecule has 2 N–H and O–H groups in total. The highest BCUT2D eigenvalue weighted by Crippen LogP contribution is 2.29. The summed E-state index contributed by atoms with van der Waals surface area (Å²) in [6.45, 7) is 1.88. The van der Waals surface area contributed by atoms with Gasteiger partial charge in [0.1, 0.15) is 0 Å². The van der Waals surface area contributed by atoms with E-state index in [4.69, 9.17) is 12.2 Å². The van der Waals surface area contributed by atoms with Gasteiger partial charge in [0.05, 0.1) is 0 Å². The molecule has 1 aliphatic carbocycles. The molecule has 2 fully saturated rings. The zero-order valence-corrected chi connectivity index (χ0v) is 10.5. The number of nitrogens with zero attached hydrogens (tertiary/aromatic N) is 1. The fourth-order valence-corrected chi connectivity index (χ4v) is 2.23. The van der Waals surface area contributed by atoms with Gasteiger partial charge in [-0.05, 0) is 37.9 Å². The molecular weight excluding hydrogens is 222 g/mol. The summed E-state index contributed by atoms with van der Waals surface area (Å²) in [6, 6.07) is 0.351. The second-order valence-corrected chi connectivity index (χ2v) is 4.99. The Bertz CT molecular complexity index is 283. The van der Waals surface area contributed by atoms with E-state index in [9.17, 15) is 4.79 Å². The topological polar surface area (TPSA) is 44.4 Å². The van der Waals surface area contributed by atoms with Crippen molar-refractivity contribution in [3.63, 3.8) is 0 Å². The number of hydrogen-bond donors (Lipinski definition) is 2. The van der Waals surface area contributed by atoms with Crippen LogP contribution in [0.25, 0.3) is 0 Å². The average Bonchev–Trinajstić information content (AvgIpc) is 3.13. The first-order valence-electron chi connectivity index (χ1n) is 5.97. The number of hydrogen-bond acceptors (Lipinski definition) is 2. The van der Waals surface area contributed by atoms with Crippen LogP contribution in [0, 0.1) is 5.92 Å². The third-order valence-corrected chi connectivity index (χ3v) is 3.75. The summed E-state index contributed by atoms with van der Waals surface area (Å²) in [5.41, 5.74) is 0. The molecule has 4 nitrogen and oxygen atoms in total. The molecule has 90 valence electrons. The lowest BCUT2D eigenvalue weighted by atomic mass is 10.1. The molecule has 2 aliphatic rings. The minimum absolute atomic E-state index is 0.259. The van der Waals surface area contributed by atoms with E-state index in [0.717, 1.165) is 43.9 Å². The first kappa shape index (κ1) is 11.6. The molecule has 0 radical (unpaired) electrons. The highest BCUT2D eigenvalue weighted by atomic mass is 32.1. The number of rotatable bonds is 2. The fourth-order valence-electron chi connectivity index (χ4n) is 2.05. The van der Waals surface area contributed by atoms with Crippen LogP contribution in [0.1, 0.15) is 25.7 Å². The van der Waals surface area contributed by atoms with Crippen molar-refractivity contribution in [3.05, 3.63) is 0 Å². The summed E-state index contributed by atoms with van der Waals surface area (Å²) in [7, 11) is 1.85. The Kier molecular flexibility index (Phi) is 3.63. The van der Waals surface area contributed by atoms with E-state index in [2.05, 4.69) is 15.5 Å². The quantitative estimate of drug-likeness (QED) is 0.690. The molecule has 1 heterocycles. The lowest BCUT2D eigenvalue weighted by Crippen LogP contribution is -2.48. The van der Waals surface area contributed by atoms with E-state index in [1.54, 1.807) is 0 Å². The lowest BCUT2D eigenvalue weighted by Gasteiger charge is -2.33. The van der Waals surface area contributed by atoms with Crippen LogP contribution >= 0.6 is 12.2 Å². The Balaban J connectivity index is 1.72. The van der Waals surface area contributed by atoms with Gasteiger partial charge in [0.2, 0.25) is 5.91 Å². The molecule has 16 heavy (non-hydrogen) atoms. The smallest absolute Gasteiger partial charge is 0.223 e. The van der Waals surface area contributed by atoms with Crippen molar-refractivity contribution in [1.29, 1.82) is 0 Å². The van der Waals surface area contributed by atoms with Gasteiger partial charge in [0.15, 0.2) is 5.11 Å². The van der Waals surface area contributed by atoms with Crippen molar-refractivity contribution >= 4 is 23.2 Å². The lowest BCUT2D eigenvalue weighted by molar-refractivity contribution is -0.123. The standard InChI is InChI=1S/C11H19N3OS/c1-12-11(16)14-6-4-9(5-7-14)13-10(15)8-2-3-8/h8-9H,2-7H2,1H3,(H,12,16)(H,13,15). The van der Waals surface area contributed by atoms with Gasteiger partial charge in [0.25, 0.3) is 0 Å². The number of carbonyl (C=O) groups excluding carboxylic acids is 1. The van der Waals surface area contributed by atoms with Gasteiger partial charge in [-0.15, -0.1) is 0 Å². The Morgan fingerprint density at radius 3 is 2.38 bits per heavy atom. The SMILES string of the molecule is CNC(=S)N1CCC(NC(=O)C2CC2)CC1. The predicted octanol–water partition coefficient (Wildman–Crippen LogP) is 0.481. The zero-order chi connectivity index (χ0) is 11.5. The second kappa shape index (κ2) is 4.99. The molecule has 2 rings (SSSR count). The Morgan fingerprint density at radius 2 is 1.88 bits per heavy atom. The normalized spacial score (nSPS) is 21.7. The molecule has 0 atom stereocenters. The van der Waals surface area contributed by atoms with Crippen LogP contribution in [0.2, 0.25) is 0 Å². The average molecular weight is 241 g/mol. The Hall–Kier alpha value is -0.840. The summed E-state index contributed by atoms with van der Waals surface area (Å²) < 4.78 is 0. The van der Waals surface area contributed by atoms with Crippen molar-refractivity contribution in [3.8, 4) is 0 Å². The van der Waals surface area contributed by atoms with Crippen LogP contribution < -0.4 is 10.6 Å². The highest BCUT2D eigenvalue weighted by molar-refractivity contribution is 7.80. The van der Waals surface area contributed by atoms with Crippen LogP contribution in [0.15, 0.2) is 0 Å². The maximum absolute atomic E-state index is 11.6. The first-order valence-corrected chi connectivity index (χ1v) is 6.38. The van der Waals surface area contributed by atoms with Crippen molar-refractivity contribution in [2.24, 2.45) is 5.92 Å². The molecule has 0 bridgehead atoms. The number of amides is 1. The Morgan fingerprint density at radius 1 is 1.25 bits per heavy atom. The van der Waals surface area contributed by atoms with Crippen molar-refractivity contribution in [2.75, 3.05) is 20.1 Å². The van der Waals surface area contributed by atoms with Gasteiger partial charge < -0.3 is 15.5 Å². The largest absolute Gasteiger partial charge is 0.366 e. The third kappa shape index (κ3) is 2.84. The van der Waals surface area contributed by atoms with E-state index in [0.29, 0.717) is 12.0 Å². The van der Waals surface area contributed by atoms with Gasteiger partial charge in [-0.3, -0.25) is 4.79 Å². The summed E-state index contributed by atoms with van der Waals surface area (Å²) in [4.78, 5) is 13.7. The number of carbonyl (C=O) groups is 1. The van der Waals surface area contributed by atoms with Gasteiger partial charge in [-0.1, -0.05) is 0 Å². The van der Waals surface area contributed by atoms with Crippen LogP contribution in [0.3, 0.4) is 0 Å². The van der Waals surface area contributed by atoms with Crippen LogP contribution in [-0.2, 0) is 4.79 Å². The second-order valence-electron chi connectivity index (χ2n) is 4.60. The number of thiocarbonyl (C=S) groups is 1. The molecule has 1 saturated heterocycles. The van der Waals surface area contributed by atoms with Gasteiger partial charge >= 0.3 is 0 Å². The minimum Gasteiger partial charge on any atom is -0.366 e. The summed E-state index contributed by atoms with van der Waals surface area (Å²) in [6.07, 6.45) is 4.16. The number of nitrogens with one attached hydrogen (secondary N) is 2. The van der Waals surface area contributed by atoms with Crippen LogP contribution in [-0.4, -0.2) is 42.1 Å². The van der Waals surface area contributed by atoms with Crippen LogP contribution in [0.5, 0.6) is 0 Å². The van der Waals surface area contributed by atoms with E-state index >= 15 is 0 Å². The molecule has 0 aromatic carbocycles. The molecular formula is C11H19N3OS. The highest BCUT2D eigenvalue weighted by Gasteiger charge is 2.31. The van der Waals surface area contributed by atoms with E-state index in [1.165, 1.54) is 0 Å². The molecule has 0 aromatic heterocycles. The molecule has 0 unspecified atom stereocenters. The van der Waals surface area contributed by atoms with Gasteiger partial charge in [-0.2, -0.15) is 0 Å². The van der Waals surface area contributed by atoms with E-state index in [-0.39, 0.29) is 5.91 Å². The summed E-state index contributed by atoms with van der Waals surface area (Å²) in [5, 5.41) is 6.93. The van der Waals surface area contributed by atoms with Gasteiger partial charge in [-0.25, -0.2) is 0 Å². The molecule has 0 spiro atoms. The van der Waals surface area contributed by atoms with E-state index < -0.39 is 0 Å². The van der Waals surface area contributed by atoms with Crippen LogP contribution in [0.4, 0.5) is 0 Å². The zero-order valence-electron chi connectivity index (χ0n) is 9.66. The maximum Gasteiger partial charge on any atom is 0.223 e. The minimum atomic E-state index is 0.259.